The van der Waals surface area contributed by atoms with Crippen LogP contribution in [-0.2, 0) is 16.0 Å². The molecule has 1 atom stereocenters. The average molecular weight is 293 g/mol. The molecule has 21 heavy (non-hydrogen) atoms. The summed E-state index contributed by atoms with van der Waals surface area (Å²) in [5, 5.41) is 13.0. The van der Waals surface area contributed by atoms with Gasteiger partial charge in [0.25, 0.3) is 0 Å². The van der Waals surface area contributed by atoms with E-state index in [2.05, 4.69) is 10.1 Å². The number of carboxylic acids is 1. The van der Waals surface area contributed by atoms with Crippen molar-refractivity contribution in [1.82, 2.24) is 15.0 Å². The minimum atomic E-state index is -0.910. The molecule has 0 aromatic carbocycles. The lowest BCUT2D eigenvalue weighted by molar-refractivity contribution is -0.148. The Morgan fingerprint density at radius 1 is 1.33 bits per heavy atom. The van der Waals surface area contributed by atoms with Crippen LogP contribution in [-0.4, -0.2) is 44.6 Å². The maximum atomic E-state index is 12.1. The summed E-state index contributed by atoms with van der Waals surface area (Å²) in [5.41, 5.74) is 0. The SMILES string of the molecule is O=C(O)[C@H]1CCCN1C(=O)CCCc1nc(C2CC2)no1. The standard InChI is InChI=1S/C14H19N3O4/c18-12(17-8-2-3-10(17)14(19)20)5-1-4-11-15-13(16-21-11)9-6-7-9/h9-10H,1-8H2,(H,19,20)/t10-/m1/s1. The van der Waals surface area contributed by atoms with Crippen molar-refractivity contribution in [3.8, 4) is 0 Å². The maximum absolute atomic E-state index is 12.1. The first kappa shape index (κ1) is 14.0. The second kappa shape index (κ2) is 5.83. The van der Waals surface area contributed by atoms with E-state index in [0.717, 1.165) is 25.1 Å². The second-order valence-electron chi connectivity index (χ2n) is 5.76. The van der Waals surface area contributed by atoms with Crippen molar-refractivity contribution in [3.63, 3.8) is 0 Å². The molecule has 1 aliphatic carbocycles. The number of carbonyl (C=O) groups is 2. The highest BCUT2D eigenvalue weighted by atomic mass is 16.5. The van der Waals surface area contributed by atoms with E-state index in [0.29, 0.717) is 44.0 Å². The van der Waals surface area contributed by atoms with E-state index in [1.54, 1.807) is 0 Å². The van der Waals surface area contributed by atoms with Crippen LogP contribution in [0.1, 0.15) is 56.2 Å². The van der Waals surface area contributed by atoms with Gasteiger partial charge in [-0.2, -0.15) is 4.98 Å². The van der Waals surface area contributed by atoms with Crippen molar-refractivity contribution in [2.24, 2.45) is 0 Å². The van der Waals surface area contributed by atoms with Crippen LogP contribution in [0.5, 0.6) is 0 Å². The lowest BCUT2D eigenvalue weighted by atomic mass is 10.2. The summed E-state index contributed by atoms with van der Waals surface area (Å²) in [6, 6.07) is -0.651. The largest absolute Gasteiger partial charge is 0.480 e. The van der Waals surface area contributed by atoms with Crippen molar-refractivity contribution >= 4 is 11.9 Å². The Bertz CT molecular complexity index is 538. The molecular weight excluding hydrogens is 274 g/mol. The number of rotatable bonds is 6. The summed E-state index contributed by atoms with van der Waals surface area (Å²) in [6.45, 7) is 0.544. The number of aromatic nitrogens is 2. The number of carbonyl (C=O) groups excluding carboxylic acids is 1. The number of hydrogen-bond donors (Lipinski definition) is 1. The highest BCUT2D eigenvalue weighted by molar-refractivity contribution is 5.84. The molecule has 0 bridgehead atoms. The van der Waals surface area contributed by atoms with Gasteiger partial charge >= 0.3 is 5.97 Å². The van der Waals surface area contributed by atoms with Crippen LogP contribution < -0.4 is 0 Å². The van der Waals surface area contributed by atoms with Gasteiger partial charge in [-0.05, 0) is 32.1 Å². The molecule has 114 valence electrons. The Labute approximate surface area is 122 Å². The Morgan fingerprint density at radius 2 is 2.14 bits per heavy atom. The molecule has 1 amide bonds. The molecule has 2 heterocycles. The normalized spacial score (nSPS) is 21.7. The van der Waals surface area contributed by atoms with Crippen molar-refractivity contribution in [2.75, 3.05) is 6.54 Å². The molecule has 1 saturated heterocycles. The molecule has 3 rings (SSSR count). The highest BCUT2D eigenvalue weighted by Crippen LogP contribution is 2.38. The van der Waals surface area contributed by atoms with Crippen LogP contribution in [0.15, 0.2) is 4.52 Å². The topological polar surface area (TPSA) is 96.5 Å². The zero-order valence-corrected chi connectivity index (χ0v) is 11.8. The molecule has 1 N–H and O–H groups in total. The molecule has 7 nitrogen and oxygen atoms in total. The Morgan fingerprint density at radius 3 is 2.86 bits per heavy atom. The van der Waals surface area contributed by atoms with Crippen LogP contribution in [0, 0.1) is 0 Å². The van der Waals surface area contributed by atoms with Gasteiger partial charge in [0, 0.05) is 25.3 Å². The minimum absolute atomic E-state index is 0.0955. The van der Waals surface area contributed by atoms with E-state index >= 15 is 0 Å². The summed E-state index contributed by atoms with van der Waals surface area (Å²) in [6.07, 6.45) is 5.06. The van der Waals surface area contributed by atoms with Gasteiger partial charge in [0.05, 0.1) is 0 Å². The monoisotopic (exact) mass is 293 g/mol. The molecular formula is C14H19N3O4. The Kier molecular flexibility index (Phi) is 3.90. The predicted octanol–water partition coefficient (Wildman–Crippen LogP) is 1.35. The molecule has 2 aliphatic rings. The van der Waals surface area contributed by atoms with Gasteiger partial charge in [0.15, 0.2) is 5.82 Å². The van der Waals surface area contributed by atoms with Crippen LogP contribution >= 0.6 is 0 Å². The van der Waals surface area contributed by atoms with Crippen molar-refractivity contribution in [3.05, 3.63) is 11.7 Å². The van der Waals surface area contributed by atoms with Crippen molar-refractivity contribution < 1.29 is 19.2 Å². The van der Waals surface area contributed by atoms with Crippen LogP contribution in [0.25, 0.3) is 0 Å². The molecule has 1 aromatic heterocycles. The first-order valence-electron chi connectivity index (χ1n) is 7.50. The zero-order valence-electron chi connectivity index (χ0n) is 11.8. The van der Waals surface area contributed by atoms with E-state index < -0.39 is 12.0 Å². The third-order valence-corrected chi connectivity index (χ3v) is 4.07. The molecule has 0 spiro atoms. The molecule has 7 heteroatoms. The zero-order chi connectivity index (χ0) is 14.8. The molecule has 1 saturated carbocycles. The highest BCUT2D eigenvalue weighted by Gasteiger charge is 2.33. The van der Waals surface area contributed by atoms with Gasteiger partial charge in [-0.1, -0.05) is 5.16 Å². The smallest absolute Gasteiger partial charge is 0.326 e. The van der Waals surface area contributed by atoms with E-state index in [9.17, 15) is 9.59 Å². The van der Waals surface area contributed by atoms with Gasteiger partial charge in [0.2, 0.25) is 11.8 Å². The van der Waals surface area contributed by atoms with Gasteiger partial charge in [0.1, 0.15) is 6.04 Å². The fraction of sp³-hybridized carbons (Fsp3) is 0.714. The van der Waals surface area contributed by atoms with Gasteiger partial charge in [-0.3, -0.25) is 4.79 Å². The summed E-state index contributed by atoms with van der Waals surface area (Å²) >= 11 is 0. The molecule has 1 aromatic rings. The number of aliphatic carboxylic acids is 1. The molecule has 1 aliphatic heterocycles. The fourth-order valence-electron chi connectivity index (χ4n) is 2.73. The van der Waals surface area contributed by atoms with E-state index in [1.807, 2.05) is 0 Å². The number of amides is 1. The first-order chi connectivity index (χ1) is 10.1. The summed E-state index contributed by atoms with van der Waals surface area (Å²) in [5.74, 6) is 0.807. The summed E-state index contributed by atoms with van der Waals surface area (Å²) in [4.78, 5) is 28.9. The predicted molar refractivity (Wildman–Crippen MR) is 71.6 cm³/mol. The fourth-order valence-corrected chi connectivity index (χ4v) is 2.73. The minimum Gasteiger partial charge on any atom is -0.480 e. The van der Waals surface area contributed by atoms with Crippen LogP contribution in [0.2, 0.25) is 0 Å². The van der Waals surface area contributed by atoms with Crippen LogP contribution in [0.4, 0.5) is 0 Å². The lowest BCUT2D eigenvalue weighted by Gasteiger charge is -2.21. The van der Waals surface area contributed by atoms with Gasteiger partial charge in [-0.25, -0.2) is 4.79 Å². The Hall–Kier alpha value is -1.92. The average Bonchev–Trinajstić information content (AvgIpc) is 3.01. The molecule has 0 radical (unpaired) electrons. The van der Waals surface area contributed by atoms with Crippen molar-refractivity contribution in [1.29, 1.82) is 0 Å². The molecule has 2 fully saturated rings. The third kappa shape index (κ3) is 3.22. The lowest BCUT2D eigenvalue weighted by Crippen LogP contribution is -2.40. The van der Waals surface area contributed by atoms with Gasteiger partial charge < -0.3 is 14.5 Å². The van der Waals surface area contributed by atoms with Crippen molar-refractivity contribution in [2.45, 2.75) is 56.9 Å². The first-order valence-corrected chi connectivity index (χ1v) is 7.50. The van der Waals surface area contributed by atoms with Crippen LogP contribution in [0.3, 0.4) is 0 Å². The Balaban J connectivity index is 1.45. The second-order valence-corrected chi connectivity index (χ2v) is 5.76. The number of aryl methyl sites for hydroxylation is 1. The maximum Gasteiger partial charge on any atom is 0.326 e. The van der Waals surface area contributed by atoms with E-state index in [-0.39, 0.29) is 5.91 Å². The quantitative estimate of drug-likeness (QED) is 0.850. The molecule has 0 unspecified atom stereocenters. The third-order valence-electron chi connectivity index (χ3n) is 4.07. The van der Waals surface area contributed by atoms with Gasteiger partial charge in [-0.15, -0.1) is 0 Å². The van der Waals surface area contributed by atoms with E-state index in [1.165, 1.54) is 4.90 Å². The summed E-state index contributed by atoms with van der Waals surface area (Å²) in [7, 11) is 0. The summed E-state index contributed by atoms with van der Waals surface area (Å²) < 4.78 is 5.15. The number of hydrogen-bond acceptors (Lipinski definition) is 5. The number of nitrogens with zero attached hydrogens (tertiary/aromatic N) is 3. The number of likely N-dealkylation sites (tertiary alicyclic amines) is 1. The number of carboxylic acid groups (broad SMARTS) is 1. The van der Waals surface area contributed by atoms with E-state index in [4.69, 9.17) is 9.63 Å².